The maximum Gasteiger partial charge on any atom is 0.191 e. The lowest BCUT2D eigenvalue weighted by Crippen LogP contribution is -2.45. The van der Waals surface area contributed by atoms with Gasteiger partial charge >= 0.3 is 0 Å². The molecule has 5 nitrogen and oxygen atoms in total. The van der Waals surface area contributed by atoms with Gasteiger partial charge in [0, 0.05) is 62.1 Å². The molecular formula is C17H28ClN5. The Bertz CT molecular complexity index is 536. The van der Waals surface area contributed by atoms with E-state index < -0.39 is 0 Å². The number of nitrogens with zero attached hydrogens (tertiary/aromatic N) is 3. The number of hydrogen-bond acceptors (Lipinski definition) is 3. The Morgan fingerprint density at radius 1 is 1.26 bits per heavy atom. The van der Waals surface area contributed by atoms with E-state index in [2.05, 4.69) is 52.4 Å². The predicted molar refractivity (Wildman–Crippen MR) is 99.6 cm³/mol. The molecule has 0 atom stereocenters. The zero-order valence-electron chi connectivity index (χ0n) is 14.6. The molecule has 6 heteroatoms. The SMILES string of the molecule is CN=C(NCc1c(Cl)cccc1N1CCN(C)CC1)NC(C)C. The third-order valence-corrected chi connectivity index (χ3v) is 4.37. The summed E-state index contributed by atoms with van der Waals surface area (Å²) in [5, 5.41) is 7.46. The van der Waals surface area contributed by atoms with Gasteiger partial charge in [-0.05, 0) is 33.0 Å². The van der Waals surface area contributed by atoms with E-state index in [0.29, 0.717) is 12.6 Å². The number of benzene rings is 1. The first-order valence-electron chi connectivity index (χ1n) is 8.19. The van der Waals surface area contributed by atoms with Gasteiger partial charge in [-0.2, -0.15) is 0 Å². The lowest BCUT2D eigenvalue weighted by molar-refractivity contribution is 0.312. The van der Waals surface area contributed by atoms with Crippen molar-refractivity contribution in [2.75, 3.05) is 45.2 Å². The average molecular weight is 338 g/mol. The Hall–Kier alpha value is -1.46. The van der Waals surface area contributed by atoms with E-state index in [4.69, 9.17) is 11.6 Å². The van der Waals surface area contributed by atoms with Gasteiger partial charge in [-0.25, -0.2) is 0 Å². The number of halogens is 1. The summed E-state index contributed by atoms with van der Waals surface area (Å²) in [6.45, 7) is 9.07. The van der Waals surface area contributed by atoms with Crippen molar-refractivity contribution in [1.82, 2.24) is 15.5 Å². The summed E-state index contributed by atoms with van der Waals surface area (Å²) < 4.78 is 0. The van der Waals surface area contributed by atoms with Crippen LogP contribution in [-0.2, 0) is 6.54 Å². The smallest absolute Gasteiger partial charge is 0.191 e. The van der Waals surface area contributed by atoms with Crippen molar-refractivity contribution in [1.29, 1.82) is 0 Å². The van der Waals surface area contributed by atoms with E-state index in [-0.39, 0.29) is 0 Å². The van der Waals surface area contributed by atoms with E-state index in [1.807, 2.05) is 12.1 Å². The first-order valence-corrected chi connectivity index (χ1v) is 8.57. The number of hydrogen-bond donors (Lipinski definition) is 2. The van der Waals surface area contributed by atoms with Crippen molar-refractivity contribution in [3.05, 3.63) is 28.8 Å². The highest BCUT2D eigenvalue weighted by molar-refractivity contribution is 6.31. The van der Waals surface area contributed by atoms with Crippen molar-refractivity contribution in [2.45, 2.75) is 26.4 Å². The van der Waals surface area contributed by atoms with E-state index in [1.165, 1.54) is 5.69 Å². The van der Waals surface area contributed by atoms with E-state index in [9.17, 15) is 0 Å². The Morgan fingerprint density at radius 3 is 2.57 bits per heavy atom. The third-order valence-electron chi connectivity index (χ3n) is 4.02. The van der Waals surface area contributed by atoms with Gasteiger partial charge in [0.25, 0.3) is 0 Å². The molecule has 0 spiro atoms. The molecule has 1 aliphatic heterocycles. The highest BCUT2D eigenvalue weighted by Gasteiger charge is 2.18. The molecule has 0 amide bonds. The predicted octanol–water partition coefficient (Wildman–Crippen LogP) is 2.17. The number of likely N-dealkylation sites (N-methyl/N-ethyl adjacent to an activating group) is 1. The molecule has 1 aromatic carbocycles. The molecule has 0 saturated carbocycles. The summed E-state index contributed by atoms with van der Waals surface area (Å²) in [6.07, 6.45) is 0. The second-order valence-electron chi connectivity index (χ2n) is 6.25. The van der Waals surface area contributed by atoms with Gasteiger partial charge in [0.1, 0.15) is 0 Å². The van der Waals surface area contributed by atoms with Gasteiger partial charge in [-0.3, -0.25) is 4.99 Å². The third kappa shape index (κ3) is 5.01. The van der Waals surface area contributed by atoms with E-state index in [0.717, 1.165) is 42.7 Å². The van der Waals surface area contributed by atoms with Crippen molar-refractivity contribution >= 4 is 23.2 Å². The average Bonchev–Trinajstić information content (AvgIpc) is 2.52. The van der Waals surface area contributed by atoms with Crippen LogP contribution in [0, 0.1) is 0 Å². The number of nitrogens with one attached hydrogen (secondary N) is 2. The van der Waals surface area contributed by atoms with Crippen LogP contribution in [0.1, 0.15) is 19.4 Å². The normalized spacial score (nSPS) is 16.8. The molecule has 128 valence electrons. The zero-order valence-corrected chi connectivity index (χ0v) is 15.3. The van der Waals surface area contributed by atoms with E-state index >= 15 is 0 Å². The topological polar surface area (TPSA) is 42.9 Å². The zero-order chi connectivity index (χ0) is 16.8. The van der Waals surface area contributed by atoms with Crippen LogP contribution in [0.25, 0.3) is 0 Å². The fourth-order valence-corrected chi connectivity index (χ4v) is 2.94. The first-order chi connectivity index (χ1) is 11.0. The molecule has 2 N–H and O–H groups in total. The van der Waals surface area contributed by atoms with Gasteiger partial charge in [-0.15, -0.1) is 0 Å². The summed E-state index contributed by atoms with van der Waals surface area (Å²) in [4.78, 5) is 9.03. The molecule has 1 aliphatic rings. The van der Waals surface area contributed by atoms with Crippen molar-refractivity contribution in [3.8, 4) is 0 Å². The van der Waals surface area contributed by atoms with E-state index in [1.54, 1.807) is 7.05 Å². The van der Waals surface area contributed by atoms with Crippen LogP contribution in [0.4, 0.5) is 5.69 Å². The molecule has 0 aromatic heterocycles. The summed E-state index contributed by atoms with van der Waals surface area (Å²) in [6, 6.07) is 6.48. The molecule has 0 bridgehead atoms. The van der Waals surface area contributed by atoms with Crippen LogP contribution < -0.4 is 15.5 Å². The van der Waals surface area contributed by atoms with Crippen LogP contribution in [0.2, 0.25) is 5.02 Å². The summed E-state index contributed by atoms with van der Waals surface area (Å²) in [5.74, 6) is 0.796. The number of aliphatic imine (C=N–C) groups is 1. The minimum atomic E-state index is 0.338. The number of anilines is 1. The Balaban J connectivity index is 2.11. The lowest BCUT2D eigenvalue weighted by atomic mass is 10.1. The molecule has 1 aromatic rings. The standard InChI is InChI=1S/C17H28ClN5/c1-13(2)21-17(19-3)20-12-14-15(18)6-5-7-16(14)23-10-8-22(4)9-11-23/h5-7,13H,8-12H2,1-4H3,(H2,19,20,21). The molecule has 1 fully saturated rings. The summed E-state index contributed by atoms with van der Waals surface area (Å²) in [7, 11) is 3.95. The largest absolute Gasteiger partial charge is 0.369 e. The van der Waals surface area contributed by atoms with Gasteiger partial charge in [0.2, 0.25) is 0 Å². The highest BCUT2D eigenvalue weighted by atomic mass is 35.5. The minimum absolute atomic E-state index is 0.338. The fraction of sp³-hybridized carbons (Fsp3) is 0.588. The quantitative estimate of drug-likeness (QED) is 0.653. The van der Waals surface area contributed by atoms with Crippen LogP contribution in [0.15, 0.2) is 23.2 Å². The molecule has 23 heavy (non-hydrogen) atoms. The fourth-order valence-electron chi connectivity index (χ4n) is 2.71. The van der Waals surface area contributed by atoms with Crippen LogP contribution in [-0.4, -0.2) is 57.2 Å². The van der Waals surface area contributed by atoms with Crippen LogP contribution in [0.5, 0.6) is 0 Å². The maximum absolute atomic E-state index is 6.47. The molecule has 1 saturated heterocycles. The summed E-state index contributed by atoms with van der Waals surface area (Å²) >= 11 is 6.47. The maximum atomic E-state index is 6.47. The number of guanidine groups is 1. The molecule has 1 heterocycles. The van der Waals surface area contributed by atoms with Gasteiger partial charge in [0.05, 0.1) is 0 Å². The van der Waals surface area contributed by atoms with Crippen LogP contribution in [0.3, 0.4) is 0 Å². The molecule has 2 rings (SSSR count). The molecule has 0 unspecified atom stereocenters. The Morgan fingerprint density at radius 2 is 1.96 bits per heavy atom. The molecule has 0 aliphatic carbocycles. The Labute approximate surface area is 144 Å². The number of rotatable bonds is 4. The van der Waals surface area contributed by atoms with Crippen molar-refractivity contribution < 1.29 is 0 Å². The summed E-state index contributed by atoms with van der Waals surface area (Å²) in [5.41, 5.74) is 2.35. The van der Waals surface area contributed by atoms with Crippen molar-refractivity contribution in [3.63, 3.8) is 0 Å². The van der Waals surface area contributed by atoms with Gasteiger partial charge < -0.3 is 20.4 Å². The Kier molecular flexibility index (Phi) is 6.54. The van der Waals surface area contributed by atoms with Crippen molar-refractivity contribution in [2.24, 2.45) is 4.99 Å². The monoisotopic (exact) mass is 337 g/mol. The molecule has 0 radical (unpaired) electrons. The number of piperazine rings is 1. The van der Waals surface area contributed by atoms with Crippen LogP contribution >= 0.6 is 11.6 Å². The first kappa shape index (κ1) is 17.9. The second kappa shape index (κ2) is 8.41. The highest BCUT2D eigenvalue weighted by Crippen LogP contribution is 2.28. The van der Waals surface area contributed by atoms with Gasteiger partial charge in [-0.1, -0.05) is 17.7 Å². The second-order valence-corrected chi connectivity index (χ2v) is 6.66. The minimum Gasteiger partial charge on any atom is -0.369 e. The van der Waals surface area contributed by atoms with Gasteiger partial charge in [0.15, 0.2) is 5.96 Å². The molecular weight excluding hydrogens is 310 g/mol. The lowest BCUT2D eigenvalue weighted by Gasteiger charge is -2.35.